The summed E-state index contributed by atoms with van der Waals surface area (Å²) in [4.78, 5) is 6.62. The van der Waals surface area contributed by atoms with Gasteiger partial charge in [-0.1, -0.05) is 0 Å². The van der Waals surface area contributed by atoms with Gasteiger partial charge in [0.15, 0.2) is 5.52 Å². The zero-order chi connectivity index (χ0) is 17.8. The first-order valence-corrected chi connectivity index (χ1v) is 7.68. The van der Waals surface area contributed by atoms with Crippen LogP contribution in [0.15, 0.2) is 42.7 Å². The van der Waals surface area contributed by atoms with Crippen molar-refractivity contribution in [1.82, 2.24) is 15.0 Å². The molecule has 3 rings (SSSR count). The van der Waals surface area contributed by atoms with E-state index in [1.165, 1.54) is 0 Å². The van der Waals surface area contributed by atoms with Gasteiger partial charge in [-0.25, -0.2) is 15.3 Å². The standard InChI is InChI=1S/C16H19N6O3/c1-20(2)8-9-25-13-5-6-14-15(10-13)21(23)16(19-22(14)24)18-12-4-3-7-17-11-12/h3-7,10-11H,8-9H2,1-2H3,(H2,18,19,24)/q+1. The summed E-state index contributed by atoms with van der Waals surface area (Å²) < 4.78 is 6.25. The molecule has 0 aliphatic heterocycles. The van der Waals surface area contributed by atoms with Crippen molar-refractivity contribution >= 4 is 22.7 Å². The summed E-state index contributed by atoms with van der Waals surface area (Å²) in [6, 6.07) is 8.29. The van der Waals surface area contributed by atoms with E-state index in [-0.39, 0.29) is 17.0 Å². The van der Waals surface area contributed by atoms with Gasteiger partial charge in [0.1, 0.15) is 18.0 Å². The van der Waals surface area contributed by atoms with Gasteiger partial charge in [0.2, 0.25) is 9.94 Å². The molecule has 1 aromatic carbocycles. The van der Waals surface area contributed by atoms with Gasteiger partial charge in [-0.3, -0.25) is 4.98 Å². The Balaban J connectivity index is 1.93. The van der Waals surface area contributed by atoms with E-state index < -0.39 is 0 Å². The zero-order valence-corrected chi connectivity index (χ0v) is 14.0. The first-order valence-electron chi connectivity index (χ1n) is 7.68. The van der Waals surface area contributed by atoms with Crippen molar-refractivity contribution in [2.24, 2.45) is 0 Å². The number of rotatable bonds is 6. The Morgan fingerprint density at radius 1 is 1.28 bits per heavy atom. The molecule has 0 spiro atoms. The molecule has 0 atom stereocenters. The molecule has 0 unspecified atom stereocenters. The highest BCUT2D eigenvalue weighted by molar-refractivity contribution is 5.70. The van der Waals surface area contributed by atoms with Crippen LogP contribution in [0.25, 0.3) is 11.0 Å². The molecule has 25 heavy (non-hydrogen) atoms. The zero-order valence-electron chi connectivity index (χ0n) is 14.0. The number of aromatic nitrogens is 4. The number of hydrogen-bond acceptors (Lipinski definition) is 7. The molecule has 0 amide bonds. The maximum absolute atomic E-state index is 12.6. The van der Waals surface area contributed by atoms with Gasteiger partial charge >= 0.3 is 11.5 Å². The Bertz CT molecular complexity index is 873. The number of anilines is 2. The molecule has 0 bridgehead atoms. The van der Waals surface area contributed by atoms with Gasteiger partial charge in [-0.15, -0.1) is 0 Å². The minimum Gasteiger partial charge on any atom is -0.739 e. The summed E-state index contributed by atoms with van der Waals surface area (Å²) >= 11 is 0. The number of ether oxygens (including phenoxy) is 1. The number of likely N-dealkylation sites (N-methyl/N-ethyl adjacent to an activating group) is 1. The number of benzene rings is 1. The summed E-state index contributed by atoms with van der Waals surface area (Å²) in [6.45, 7) is 1.24. The number of nitrogens with zero attached hydrogens (tertiary/aromatic N) is 5. The number of pyridine rings is 1. The van der Waals surface area contributed by atoms with Crippen LogP contribution in [0.5, 0.6) is 5.75 Å². The molecule has 9 nitrogen and oxygen atoms in total. The third kappa shape index (κ3) is 3.83. The van der Waals surface area contributed by atoms with Gasteiger partial charge < -0.3 is 14.8 Å². The minimum absolute atomic E-state index is 0.0755. The normalized spacial score (nSPS) is 11.0. The number of nitrogens with one attached hydrogen (secondary N) is 1. The van der Waals surface area contributed by atoms with E-state index in [9.17, 15) is 10.4 Å². The molecule has 0 radical (unpaired) electrons. The monoisotopic (exact) mass is 343 g/mol. The molecule has 2 heterocycles. The Hall–Kier alpha value is -3.20. The van der Waals surface area contributed by atoms with Crippen molar-refractivity contribution in [3.05, 3.63) is 47.9 Å². The third-order valence-electron chi connectivity index (χ3n) is 3.49. The van der Waals surface area contributed by atoms with Crippen molar-refractivity contribution in [1.29, 1.82) is 0 Å². The molecule has 130 valence electrons. The van der Waals surface area contributed by atoms with E-state index in [1.54, 1.807) is 42.7 Å². The van der Waals surface area contributed by atoms with E-state index in [0.29, 0.717) is 27.6 Å². The van der Waals surface area contributed by atoms with Gasteiger partial charge in [-0.2, -0.15) is 0 Å². The van der Waals surface area contributed by atoms with Crippen LogP contribution in [0.4, 0.5) is 11.6 Å². The second kappa shape index (κ2) is 7.14. The maximum atomic E-state index is 12.6. The Morgan fingerprint density at radius 3 is 2.84 bits per heavy atom. The molecule has 0 aliphatic rings. The lowest BCUT2D eigenvalue weighted by atomic mass is 10.3. The quantitative estimate of drug-likeness (QED) is 0.381. The van der Waals surface area contributed by atoms with Crippen LogP contribution in [0.2, 0.25) is 0 Å². The highest BCUT2D eigenvalue weighted by Gasteiger charge is 2.24. The predicted octanol–water partition coefficient (Wildman–Crippen LogP) is 0.472. The highest BCUT2D eigenvalue weighted by Crippen LogP contribution is 2.17. The first kappa shape index (κ1) is 16.7. The molecule has 3 aromatic rings. The SMILES string of the molecule is CN(C)CCOc1ccc2c(c1)[n+]([O-])c(Nc1cccnc1)n[n+]2O. The van der Waals surface area contributed by atoms with E-state index in [1.807, 2.05) is 19.0 Å². The second-order valence-corrected chi connectivity index (χ2v) is 5.68. The summed E-state index contributed by atoms with van der Waals surface area (Å²) in [7, 11) is 3.90. The Morgan fingerprint density at radius 2 is 2.12 bits per heavy atom. The van der Waals surface area contributed by atoms with Crippen LogP contribution in [0.3, 0.4) is 0 Å². The smallest absolute Gasteiger partial charge is 0.469 e. The third-order valence-corrected chi connectivity index (χ3v) is 3.49. The Kier molecular flexibility index (Phi) is 4.75. The van der Waals surface area contributed by atoms with E-state index in [2.05, 4.69) is 15.4 Å². The van der Waals surface area contributed by atoms with Gasteiger partial charge in [0, 0.05) is 24.9 Å². The fraction of sp³-hybridized carbons (Fsp3) is 0.250. The lowest BCUT2D eigenvalue weighted by Crippen LogP contribution is -2.45. The first-order chi connectivity index (χ1) is 12.0. The fourth-order valence-corrected chi connectivity index (χ4v) is 2.21. The van der Waals surface area contributed by atoms with Crippen molar-refractivity contribution in [2.45, 2.75) is 0 Å². The minimum atomic E-state index is -0.0755. The molecule has 2 N–H and O–H groups in total. The van der Waals surface area contributed by atoms with Crippen LogP contribution in [0, 0.1) is 5.21 Å². The average Bonchev–Trinajstić information content (AvgIpc) is 2.60. The second-order valence-electron chi connectivity index (χ2n) is 5.68. The molecule has 0 fully saturated rings. The van der Waals surface area contributed by atoms with Crippen molar-refractivity contribution < 1.29 is 19.5 Å². The highest BCUT2D eigenvalue weighted by atomic mass is 16.5. The number of hydrogen-bond donors (Lipinski definition) is 2. The van der Waals surface area contributed by atoms with Crippen LogP contribution in [-0.2, 0) is 0 Å². The van der Waals surface area contributed by atoms with Crippen LogP contribution >= 0.6 is 0 Å². The molecule has 0 aliphatic carbocycles. The molecular formula is C16H19N6O3+. The summed E-state index contributed by atoms with van der Waals surface area (Å²) in [5.74, 6) is 0.464. The average molecular weight is 343 g/mol. The molecule has 2 aromatic heterocycles. The van der Waals surface area contributed by atoms with Crippen LogP contribution in [0.1, 0.15) is 0 Å². The molecule has 9 heteroatoms. The Labute approximate surface area is 144 Å². The van der Waals surface area contributed by atoms with Gasteiger partial charge in [-0.05, 0) is 32.3 Å². The molecule has 0 saturated carbocycles. The van der Waals surface area contributed by atoms with Gasteiger partial charge in [0.05, 0.1) is 6.20 Å². The van der Waals surface area contributed by atoms with E-state index in [4.69, 9.17) is 4.74 Å². The molecular weight excluding hydrogens is 324 g/mol. The lowest BCUT2D eigenvalue weighted by Gasteiger charge is -2.12. The van der Waals surface area contributed by atoms with Crippen LogP contribution < -0.4 is 19.6 Å². The summed E-state index contributed by atoms with van der Waals surface area (Å²) in [5.41, 5.74) is 1.08. The van der Waals surface area contributed by atoms with Crippen molar-refractivity contribution in [3.63, 3.8) is 0 Å². The number of fused-ring (bicyclic) bond motifs is 1. The summed E-state index contributed by atoms with van der Waals surface area (Å²) in [5, 5.41) is 29.3. The lowest BCUT2D eigenvalue weighted by molar-refractivity contribution is -0.933. The van der Waals surface area contributed by atoms with E-state index in [0.717, 1.165) is 6.54 Å². The van der Waals surface area contributed by atoms with Crippen molar-refractivity contribution in [3.8, 4) is 5.75 Å². The van der Waals surface area contributed by atoms with Crippen molar-refractivity contribution in [2.75, 3.05) is 32.6 Å². The predicted molar refractivity (Wildman–Crippen MR) is 89.7 cm³/mol. The maximum Gasteiger partial charge on any atom is 0.469 e. The summed E-state index contributed by atoms with van der Waals surface area (Å²) in [6.07, 6.45) is 3.17. The molecule has 0 saturated heterocycles. The fourth-order valence-electron chi connectivity index (χ4n) is 2.21. The van der Waals surface area contributed by atoms with Gasteiger partial charge in [0.25, 0.3) is 0 Å². The largest absolute Gasteiger partial charge is 0.739 e. The van der Waals surface area contributed by atoms with Crippen LogP contribution in [-0.4, -0.2) is 47.4 Å². The van der Waals surface area contributed by atoms with E-state index >= 15 is 0 Å². The topological polar surface area (TPSA) is 101 Å².